The first-order valence-electron chi connectivity index (χ1n) is 10.2. The number of rotatable bonds is 6. The number of carbonyl (C=O) groups excluding carboxylic acids is 1. The van der Waals surface area contributed by atoms with E-state index in [4.69, 9.17) is 11.6 Å². The van der Waals surface area contributed by atoms with Crippen molar-refractivity contribution in [2.24, 2.45) is 0 Å². The Bertz CT molecular complexity index is 1360. The number of pyridine rings is 1. The van der Waals surface area contributed by atoms with E-state index in [0.29, 0.717) is 22.9 Å². The number of para-hydroxylation sites is 1. The van der Waals surface area contributed by atoms with Crippen molar-refractivity contribution in [1.82, 2.24) is 24.8 Å². The second kappa shape index (κ2) is 8.69. The van der Waals surface area contributed by atoms with Gasteiger partial charge in [-0.1, -0.05) is 48.0 Å². The van der Waals surface area contributed by atoms with E-state index in [9.17, 15) is 4.79 Å². The average Bonchev–Trinajstić information content (AvgIpc) is 3.51. The van der Waals surface area contributed by atoms with E-state index in [1.165, 1.54) is 0 Å². The molecule has 1 atom stereocenters. The minimum absolute atomic E-state index is 0.109. The van der Waals surface area contributed by atoms with E-state index in [1.807, 2.05) is 48.7 Å². The first-order chi connectivity index (χ1) is 15.7. The highest BCUT2D eigenvalue weighted by molar-refractivity contribution is 6.31. The lowest BCUT2D eigenvalue weighted by Crippen LogP contribution is -2.29. The van der Waals surface area contributed by atoms with Gasteiger partial charge in [0.05, 0.1) is 5.56 Å². The lowest BCUT2D eigenvalue weighted by atomic mass is 9.90. The normalized spacial score (nSPS) is 12.0. The van der Waals surface area contributed by atoms with Crippen LogP contribution in [0.4, 0.5) is 0 Å². The molecule has 0 bridgehead atoms. The second-order valence-electron chi connectivity index (χ2n) is 7.45. The lowest BCUT2D eigenvalue weighted by molar-refractivity contribution is 0.0952. The highest BCUT2D eigenvalue weighted by atomic mass is 35.5. The minimum Gasteiger partial charge on any atom is -0.361 e. The maximum atomic E-state index is 12.9. The number of aromatic amines is 1. The van der Waals surface area contributed by atoms with Gasteiger partial charge < -0.3 is 10.3 Å². The molecule has 2 N–H and O–H groups in total. The Morgan fingerprint density at radius 1 is 1.06 bits per heavy atom. The fraction of sp³-hybridized carbons (Fsp3) is 0.0800. The van der Waals surface area contributed by atoms with Gasteiger partial charge in [-0.25, -0.2) is 9.97 Å². The van der Waals surface area contributed by atoms with E-state index in [1.54, 1.807) is 41.6 Å². The van der Waals surface area contributed by atoms with Crippen LogP contribution in [-0.2, 0) is 0 Å². The molecular weight excluding hydrogens is 422 g/mol. The molecule has 6 nitrogen and oxygen atoms in total. The van der Waals surface area contributed by atoms with Crippen molar-refractivity contribution in [1.29, 1.82) is 0 Å². The Hall–Kier alpha value is -3.90. The third-order valence-electron chi connectivity index (χ3n) is 5.52. The summed E-state index contributed by atoms with van der Waals surface area (Å²) < 4.78 is 1.78. The molecular formula is C25H20ClN5O. The van der Waals surface area contributed by atoms with E-state index in [0.717, 1.165) is 22.0 Å². The zero-order chi connectivity index (χ0) is 21.9. The molecule has 3 heterocycles. The topological polar surface area (TPSA) is 75.6 Å². The monoisotopic (exact) mass is 441 g/mol. The molecule has 3 aromatic heterocycles. The SMILES string of the molecule is O=C(NC[C@H](c1ccccc1Cl)c1c[nH]c2ccccc12)c1ccc(-n2ccnc2)nc1. The molecule has 0 saturated carbocycles. The van der Waals surface area contributed by atoms with Gasteiger partial charge in [-0.2, -0.15) is 0 Å². The molecule has 158 valence electrons. The van der Waals surface area contributed by atoms with Crippen LogP contribution in [0.25, 0.3) is 16.7 Å². The number of H-pyrrole nitrogens is 1. The fourth-order valence-corrected chi connectivity index (χ4v) is 4.16. The number of imidazole rings is 1. The Morgan fingerprint density at radius 3 is 2.69 bits per heavy atom. The number of nitrogens with zero attached hydrogens (tertiary/aromatic N) is 3. The van der Waals surface area contributed by atoms with Gasteiger partial charge in [0.1, 0.15) is 12.1 Å². The number of halogens is 1. The van der Waals surface area contributed by atoms with Crippen molar-refractivity contribution >= 4 is 28.4 Å². The highest BCUT2D eigenvalue weighted by Crippen LogP contribution is 2.34. The average molecular weight is 442 g/mol. The van der Waals surface area contributed by atoms with Gasteiger partial charge in [0.25, 0.3) is 5.91 Å². The summed E-state index contributed by atoms with van der Waals surface area (Å²) in [5, 5.41) is 4.84. The molecule has 2 aromatic carbocycles. The summed E-state index contributed by atoms with van der Waals surface area (Å²) in [4.78, 5) is 24.6. The summed E-state index contributed by atoms with van der Waals surface area (Å²) in [7, 11) is 0. The predicted molar refractivity (Wildman–Crippen MR) is 125 cm³/mol. The first kappa shape index (κ1) is 20.0. The molecule has 32 heavy (non-hydrogen) atoms. The van der Waals surface area contributed by atoms with Crippen LogP contribution in [-0.4, -0.2) is 32.0 Å². The maximum absolute atomic E-state index is 12.9. The quantitative estimate of drug-likeness (QED) is 0.391. The molecule has 5 rings (SSSR count). The van der Waals surface area contributed by atoms with Crippen molar-refractivity contribution < 1.29 is 4.79 Å². The van der Waals surface area contributed by atoms with Gasteiger partial charge in [-0.3, -0.25) is 9.36 Å². The summed E-state index contributed by atoms with van der Waals surface area (Å²) >= 11 is 6.55. The first-order valence-corrected chi connectivity index (χ1v) is 10.6. The van der Waals surface area contributed by atoms with Crippen LogP contribution in [0, 0.1) is 0 Å². The zero-order valence-electron chi connectivity index (χ0n) is 17.1. The number of fused-ring (bicyclic) bond motifs is 1. The number of aromatic nitrogens is 4. The summed E-state index contributed by atoms with van der Waals surface area (Å²) in [5.74, 6) is 0.403. The molecule has 0 spiro atoms. The maximum Gasteiger partial charge on any atom is 0.252 e. The van der Waals surface area contributed by atoms with Crippen molar-refractivity contribution in [3.8, 4) is 5.82 Å². The molecule has 5 aromatic rings. The van der Waals surface area contributed by atoms with Gasteiger partial charge in [0.15, 0.2) is 0 Å². The van der Waals surface area contributed by atoms with Gasteiger partial charge in [-0.15, -0.1) is 0 Å². The molecule has 0 fully saturated rings. The summed E-state index contributed by atoms with van der Waals surface area (Å²) in [5.41, 5.74) is 3.59. The number of hydrogen-bond donors (Lipinski definition) is 2. The smallest absolute Gasteiger partial charge is 0.252 e. The van der Waals surface area contributed by atoms with E-state index < -0.39 is 0 Å². The largest absolute Gasteiger partial charge is 0.361 e. The number of hydrogen-bond acceptors (Lipinski definition) is 3. The Balaban J connectivity index is 1.41. The van der Waals surface area contributed by atoms with Gasteiger partial charge >= 0.3 is 0 Å². The zero-order valence-corrected chi connectivity index (χ0v) is 17.8. The Kier molecular flexibility index (Phi) is 5.44. The second-order valence-corrected chi connectivity index (χ2v) is 7.86. The van der Waals surface area contributed by atoms with Gasteiger partial charge in [0, 0.05) is 53.2 Å². The van der Waals surface area contributed by atoms with Crippen molar-refractivity contribution in [2.45, 2.75) is 5.92 Å². The molecule has 0 saturated heterocycles. The number of carbonyl (C=O) groups is 1. The molecule has 0 aliphatic heterocycles. The fourth-order valence-electron chi connectivity index (χ4n) is 3.89. The third-order valence-corrected chi connectivity index (χ3v) is 5.87. The lowest BCUT2D eigenvalue weighted by Gasteiger charge is -2.19. The molecule has 0 aliphatic carbocycles. The third kappa shape index (κ3) is 3.88. The van der Waals surface area contributed by atoms with Crippen LogP contribution < -0.4 is 5.32 Å². The number of amides is 1. The Morgan fingerprint density at radius 2 is 1.91 bits per heavy atom. The molecule has 7 heteroatoms. The van der Waals surface area contributed by atoms with E-state index >= 15 is 0 Å². The standard InChI is InChI=1S/C25H20ClN5O/c26-22-7-3-1-5-18(22)20(21-14-28-23-8-4-2-6-19(21)23)15-30-25(32)17-9-10-24(29-13-17)31-12-11-27-16-31/h1-14,16,20,28H,15H2,(H,30,32)/t20-/m1/s1. The van der Waals surface area contributed by atoms with Crippen LogP contribution in [0.1, 0.15) is 27.4 Å². The minimum atomic E-state index is -0.188. The molecule has 1 amide bonds. The predicted octanol–water partition coefficient (Wildman–Crippen LogP) is 4.96. The molecule has 0 radical (unpaired) electrons. The summed E-state index contributed by atoms with van der Waals surface area (Å²) in [6, 6.07) is 19.4. The van der Waals surface area contributed by atoms with E-state index in [-0.39, 0.29) is 11.8 Å². The van der Waals surface area contributed by atoms with Crippen LogP contribution in [0.3, 0.4) is 0 Å². The van der Waals surface area contributed by atoms with Crippen molar-refractivity contribution in [2.75, 3.05) is 6.54 Å². The van der Waals surface area contributed by atoms with Gasteiger partial charge in [0.2, 0.25) is 0 Å². The molecule has 0 aliphatic rings. The van der Waals surface area contributed by atoms with E-state index in [2.05, 4.69) is 26.3 Å². The van der Waals surface area contributed by atoms with Gasteiger partial charge in [-0.05, 0) is 35.4 Å². The molecule has 0 unspecified atom stereocenters. The summed E-state index contributed by atoms with van der Waals surface area (Å²) in [6.07, 6.45) is 8.71. The van der Waals surface area contributed by atoms with Crippen LogP contribution in [0.15, 0.2) is 91.8 Å². The Labute approximate surface area is 189 Å². The number of benzene rings is 2. The van der Waals surface area contributed by atoms with Crippen molar-refractivity contribution in [3.05, 3.63) is 113 Å². The van der Waals surface area contributed by atoms with Crippen LogP contribution >= 0.6 is 11.6 Å². The highest BCUT2D eigenvalue weighted by Gasteiger charge is 2.21. The number of nitrogens with one attached hydrogen (secondary N) is 2. The van der Waals surface area contributed by atoms with Crippen LogP contribution in [0.5, 0.6) is 0 Å². The summed E-state index contributed by atoms with van der Waals surface area (Å²) in [6.45, 7) is 0.397. The van der Waals surface area contributed by atoms with Crippen molar-refractivity contribution in [3.63, 3.8) is 0 Å². The van der Waals surface area contributed by atoms with Crippen LogP contribution in [0.2, 0.25) is 5.02 Å².